The highest BCUT2D eigenvalue weighted by Gasteiger charge is 2.34. The fourth-order valence-corrected chi connectivity index (χ4v) is 3.24. The summed E-state index contributed by atoms with van der Waals surface area (Å²) in [5.74, 6) is 1.88. The zero-order valence-electron chi connectivity index (χ0n) is 12.9. The van der Waals surface area contributed by atoms with Gasteiger partial charge in [0, 0.05) is 30.1 Å². The molecule has 1 aromatic carbocycles. The summed E-state index contributed by atoms with van der Waals surface area (Å²) in [7, 11) is 0. The molecule has 0 fully saturated rings. The molecule has 1 unspecified atom stereocenters. The average Bonchev–Trinajstić information content (AvgIpc) is 2.76. The third-order valence-electron chi connectivity index (χ3n) is 4.23. The number of fused-ring (bicyclic) bond motifs is 1. The number of rotatable bonds is 3. The molecule has 0 radical (unpaired) electrons. The Morgan fingerprint density at radius 3 is 2.86 bits per heavy atom. The highest BCUT2D eigenvalue weighted by Crippen LogP contribution is 2.42. The molecule has 0 amide bonds. The summed E-state index contributed by atoms with van der Waals surface area (Å²) in [6.45, 7) is 7.04. The predicted molar refractivity (Wildman–Crippen MR) is 81.5 cm³/mol. The summed E-state index contributed by atoms with van der Waals surface area (Å²) < 4.78 is 19.6. The summed E-state index contributed by atoms with van der Waals surface area (Å²) in [6.07, 6.45) is 2.00. The molecule has 0 spiro atoms. The molecule has 1 aromatic heterocycles. The molecule has 1 atom stereocenters. The SMILES string of the molecule is Cc1cc2c(o1)CC(C)(C)CC2NCc1ccccc1F. The van der Waals surface area contributed by atoms with Gasteiger partial charge in [-0.15, -0.1) is 0 Å². The van der Waals surface area contributed by atoms with Crippen LogP contribution in [0.3, 0.4) is 0 Å². The van der Waals surface area contributed by atoms with Crippen LogP contribution in [0.1, 0.15) is 49.0 Å². The lowest BCUT2D eigenvalue weighted by molar-refractivity contribution is 0.233. The first-order valence-corrected chi connectivity index (χ1v) is 7.51. The largest absolute Gasteiger partial charge is 0.466 e. The summed E-state index contributed by atoms with van der Waals surface area (Å²) >= 11 is 0. The first-order valence-electron chi connectivity index (χ1n) is 7.51. The minimum atomic E-state index is -0.149. The molecule has 2 aromatic rings. The van der Waals surface area contributed by atoms with E-state index in [1.807, 2.05) is 19.1 Å². The smallest absolute Gasteiger partial charge is 0.127 e. The lowest BCUT2D eigenvalue weighted by Gasteiger charge is -2.35. The second-order valence-corrected chi connectivity index (χ2v) is 6.81. The highest BCUT2D eigenvalue weighted by atomic mass is 19.1. The second-order valence-electron chi connectivity index (χ2n) is 6.81. The molecule has 3 rings (SSSR count). The van der Waals surface area contributed by atoms with Gasteiger partial charge in [-0.2, -0.15) is 0 Å². The van der Waals surface area contributed by atoms with E-state index in [0.29, 0.717) is 12.1 Å². The van der Waals surface area contributed by atoms with Gasteiger partial charge in [-0.3, -0.25) is 0 Å². The monoisotopic (exact) mass is 287 g/mol. The predicted octanol–water partition coefficient (Wildman–Crippen LogP) is 4.53. The zero-order chi connectivity index (χ0) is 15.0. The van der Waals surface area contributed by atoms with Crippen molar-refractivity contribution in [3.63, 3.8) is 0 Å². The summed E-state index contributed by atoms with van der Waals surface area (Å²) in [4.78, 5) is 0. The molecule has 1 aliphatic carbocycles. The fraction of sp³-hybridized carbons (Fsp3) is 0.444. The van der Waals surface area contributed by atoms with Crippen molar-refractivity contribution in [2.75, 3.05) is 0 Å². The molecule has 0 saturated carbocycles. The van der Waals surface area contributed by atoms with E-state index in [1.54, 1.807) is 6.07 Å². The van der Waals surface area contributed by atoms with E-state index in [-0.39, 0.29) is 17.3 Å². The van der Waals surface area contributed by atoms with Crippen molar-refractivity contribution in [2.24, 2.45) is 5.41 Å². The van der Waals surface area contributed by atoms with E-state index >= 15 is 0 Å². The Morgan fingerprint density at radius 1 is 1.33 bits per heavy atom. The van der Waals surface area contributed by atoms with Gasteiger partial charge in [0.2, 0.25) is 0 Å². The summed E-state index contributed by atoms with van der Waals surface area (Å²) in [6, 6.07) is 9.27. The van der Waals surface area contributed by atoms with Gasteiger partial charge in [-0.05, 0) is 30.9 Å². The first kappa shape index (κ1) is 14.3. The molecule has 0 bridgehead atoms. The Bertz CT molecular complexity index is 644. The molecule has 0 saturated heterocycles. The normalized spacial score (nSPS) is 20.3. The van der Waals surface area contributed by atoms with Gasteiger partial charge in [0.05, 0.1) is 0 Å². The van der Waals surface area contributed by atoms with Crippen LogP contribution in [0, 0.1) is 18.2 Å². The number of furan rings is 1. The van der Waals surface area contributed by atoms with Crippen LogP contribution in [0.2, 0.25) is 0 Å². The van der Waals surface area contributed by atoms with Crippen molar-refractivity contribution in [3.05, 3.63) is 58.8 Å². The number of hydrogen-bond donors (Lipinski definition) is 1. The van der Waals surface area contributed by atoms with E-state index in [9.17, 15) is 4.39 Å². The van der Waals surface area contributed by atoms with Crippen LogP contribution in [0.15, 0.2) is 34.7 Å². The van der Waals surface area contributed by atoms with Crippen molar-refractivity contribution >= 4 is 0 Å². The molecule has 1 heterocycles. The Morgan fingerprint density at radius 2 is 2.10 bits per heavy atom. The molecule has 3 heteroatoms. The fourth-order valence-electron chi connectivity index (χ4n) is 3.24. The van der Waals surface area contributed by atoms with Crippen LogP contribution < -0.4 is 5.32 Å². The van der Waals surface area contributed by atoms with E-state index in [0.717, 1.165) is 24.4 Å². The topological polar surface area (TPSA) is 25.2 Å². The van der Waals surface area contributed by atoms with Crippen LogP contribution in [0.5, 0.6) is 0 Å². The van der Waals surface area contributed by atoms with Gasteiger partial charge < -0.3 is 9.73 Å². The van der Waals surface area contributed by atoms with Crippen molar-refractivity contribution in [1.29, 1.82) is 0 Å². The van der Waals surface area contributed by atoms with E-state index in [4.69, 9.17) is 4.42 Å². The molecule has 112 valence electrons. The molecule has 1 aliphatic rings. The third-order valence-corrected chi connectivity index (χ3v) is 4.23. The third kappa shape index (κ3) is 3.03. The second kappa shape index (κ2) is 5.30. The maximum Gasteiger partial charge on any atom is 0.127 e. The standard InChI is InChI=1S/C18H22FNO/c1-12-8-14-16(9-18(2,3)10-17(14)21-12)20-11-13-6-4-5-7-15(13)19/h4-8,16,20H,9-11H2,1-3H3. The number of aryl methyl sites for hydroxylation is 1. The maximum absolute atomic E-state index is 13.7. The molecular weight excluding hydrogens is 265 g/mol. The number of nitrogens with one attached hydrogen (secondary N) is 1. The highest BCUT2D eigenvalue weighted by molar-refractivity contribution is 5.29. The average molecular weight is 287 g/mol. The minimum absolute atomic E-state index is 0.149. The molecule has 1 N–H and O–H groups in total. The van der Waals surface area contributed by atoms with Crippen LogP contribution in [0.25, 0.3) is 0 Å². The molecule has 0 aliphatic heterocycles. The van der Waals surface area contributed by atoms with Gasteiger partial charge in [-0.1, -0.05) is 32.0 Å². The number of halogens is 1. The first-order chi connectivity index (χ1) is 9.94. The molecule has 21 heavy (non-hydrogen) atoms. The Labute approximate surface area is 125 Å². The maximum atomic E-state index is 13.7. The lowest BCUT2D eigenvalue weighted by atomic mass is 9.74. The molecular formula is C18H22FNO. The van der Waals surface area contributed by atoms with Crippen molar-refractivity contribution in [2.45, 2.75) is 46.2 Å². The Kier molecular flexibility index (Phi) is 3.62. The van der Waals surface area contributed by atoms with Gasteiger partial charge in [-0.25, -0.2) is 4.39 Å². The summed E-state index contributed by atoms with van der Waals surface area (Å²) in [5.41, 5.74) is 2.15. The van der Waals surface area contributed by atoms with E-state index in [1.165, 1.54) is 11.6 Å². The number of benzene rings is 1. The van der Waals surface area contributed by atoms with Crippen LogP contribution in [-0.4, -0.2) is 0 Å². The van der Waals surface area contributed by atoms with Crippen LogP contribution >= 0.6 is 0 Å². The van der Waals surface area contributed by atoms with Crippen molar-refractivity contribution in [1.82, 2.24) is 5.32 Å². The van der Waals surface area contributed by atoms with Crippen LogP contribution in [0.4, 0.5) is 4.39 Å². The minimum Gasteiger partial charge on any atom is -0.466 e. The van der Waals surface area contributed by atoms with Gasteiger partial charge >= 0.3 is 0 Å². The Hall–Kier alpha value is -1.61. The quantitative estimate of drug-likeness (QED) is 0.897. The zero-order valence-corrected chi connectivity index (χ0v) is 12.9. The van der Waals surface area contributed by atoms with Gasteiger partial charge in [0.15, 0.2) is 0 Å². The summed E-state index contributed by atoms with van der Waals surface area (Å²) in [5, 5.41) is 3.50. The lowest BCUT2D eigenvalue weighted by Crippen LogP contribution is -2.32. The molecule has 2 nitrogen and oxygen atoms in total. The van der Waals surface area contributed by atoms with E-state index in [2.05, 4.69) is 25.2 Å². The van der Waals surface area contributed by atoms with Gasteiger partial charge in [0.1, 0.15) is 17.3 Å². The van der Waals surface area contributed by atoms with E-state index < -0.39 is 0 Å². The Balaban J connectivity index is 1.80. The number of hydrogen-bond acceptors (Lipinski definition) is 2. The van der Waals surface area contributed by atoms with Gasteiger partial charge in [0.25, 0.3) is 0 Å². The van der Waals surface area contributed by atoms with Crippen molar-refractivity contribution in [3.8, 4) is 0 Å². The van der Waals surface area contributed by atoms with Crippen LogP contribution in [-0.2, 0) is 13.0 Å². The van der Waals surface area contributed by atoms with Crippen molar-refractivity contribution < 1.29 is 8.81 Å².